The van der Waals surface area contributed by atoms with Crippen molar-refractivity contribution in [1.82, 2.24) is 0 Å². The second kappa shape index (κ2) is 8.40. The lowest BCUT2D eigenvalue weighted by Crippen LogP contribution is -2.11. The molecule has 0 spiro atoms. The fraction of sp³-hybridized carbons (Fsp3) is 0.286. The van der Waals surface area contributed by atoms with E-state index in [0.29, 0.717) is 11.1 Å². The van der Waals surface area contributed by atoms with Crippen molar-refractivity contribution in [1.29, 1.82) is 0 Å². The van der Waals surface area contributed by atoms with Crippen molar-refractivity contribution >= 4 is 23.9 Å². The zero-order chi connectivity index (χ0) is 16.5. The van der Waals surface area contributed by atoms with Crippen LogP contribution in [0.1, 0.15) is 24.0 Å². The van der Waals surface area contributed by atoms with Gasteiger partial charge in [0.2, 0.25) is 0 Å². The molecule has 0 saturated heterocycles. The molecule has 0 aliphatic heterocycles. The Kier molecular flexibility index (Phi) is 6.55. The van der Waals surface area contributed by atoms with Gasteiger partial charge < -0.3 is 19.7 Å². The molecule has 8 heteroatoms. The van der Waals surface area contributed by atoms with Crippen molar-refractivity contribution in [3.8, 4) is 0 Å². The minimum atomic E-state index is -1.27. The zero-order valence-electron chi connectivity index (χ0n) is 11.5. The van der Waals surface area contributed by atoms with Gasteiger partial charge >= 0.3 is 23.9 Å². The fourth-order valence-electron chi connectivity index (χ4n) is 1.49. The predicted octanol–water partition coefficient (Wildman–Crippen LogP) is 0.722. The SMILES string of the molecule is O=C(O)CC(=O)OCc1cccc(COC(=O)CC(=O)O)c1. The van der Waals surface area contributed by atoms with Gasteiger partial charge in [0, 0.05) is 0 Å². The van der Waals surface area contributed by atoms with E-state index in [2.05, 4.69) is 0 Å². The molecule has 0 atom stereocenters. The predicted molar refractivity (Wildman–Crippen MR) is 70.5 cm³/mol. The molecule has 0 bridgehead atoms. The molecule has 0 aliphatic rings. The number of hydrogen-bond donors (Lipinski definition) is 2. The van der Waals surface area contributed by atoms with Crippen molar-refractivity contribution in [2.24, 2.45) is 0 Å². The summed E-state index contributed by atoms with van der Waals surface area (Å²) in [4.78, 5) is 42.8. The van der Waals surface area contributed by atoms with E-state index in [1.807, 2.05) is 0 Å². The van der Waals surface area contributed by atoms with Gasteiger partial charge in [-0.1, -0.05) is 18.2 Å². The number of ether oxygens (including phenoxy) is 2. The number of carboxylic acid groups (broad SMARTS) is 2. The summed E-state index contributed by atoms with van der Waals surface area (Å²) in [6.45, 7) is -0.216. The number of rotatable bonds is 8. The number of carbonyl (C=O) groups excluding carboxylic acids is 2. The van der Waals surface area contributed by atoms with Gasteiger partial charge in [0.05, 0.1) is 0 Å². The van der Waals surface area contributed by atoms with E-state index in [9.17, 15) is 19.2 Å². The second-order valence-electron chi connectivity index (χ2n) is 4.28. The van der Waals surface area contributed by atoms with E-state index in [1.165, 1.54) is 0 Å². The highest BCUT2D eigenvalue weighted by molar-refractivity contribution is 5.90. The molecular formula is C14H14O8. The van der Waals surface area contributed by atoms with Gasteiger partial charge in [0.1, 0.15) is 26.1 Å². The molecule has 0 amide bonds. The normalized spacial score (nSPS) is 9.82. The van der Waals surface area contributed by atoms with Crippen LogP contribution in [0.25, 0.3) is 0 Å². The van der Waals surface area contributed by atoms with E-state index in [1.54, 1.807) is 24.3 Å². The standard InChI is InChI=1S/C14H14O8/c15-11(16)5-13(19)21-7-9-2-1-3-10(4-9)8-22-14(20)6-12(17)18/h1-4H,5-8H2,(H,15,16)(H,17,18). The Morgan fingerprint density at radius 3 is 1.59 bits per heavy atom. The lowest BCUT2D eigenvalue weighted by atomic mass is 10.1. The fourth-order valence-corrected chi connectivity index (χ4v) is 1.49. The molecule has 1 aromatic rings. The van der Waals surface area contributed by atoms with Crippen LogP contribution in [0.3, 0.4) is 0 Å². The molecule has 1 rings (SSSR count). The lowest BCUT2D eigenvalue weighted by Gasteiger charge is -2.07. The van der Waals surface area contributed by atoms with Crippen LogP contribution in [0.5, 0.6) is 0 Å². The van der Waals surface area contributed by atoms with E-state index < -0.39 is 36.7 Å². The smallest absolute Gasteiger partial charge is 0.317 e. The number of carboxylic acids is 2. The van der Waals surface area contributed by atoms with Crippen molar-refractivity contribution < 1.29 is 38.9 Å². The van der Waals surface area contributed by atoms with Crippen LogP contribution in [0.4, 0.5) is 0 Å². The van der Waals surface area contributed by atoms with Crippen molar-refractivity contribution in [2.75, 3.05) is 0 Å². The maximum atomic E-state index is 11.1. The average molecular weight is 310 g/mol. The molecule has 0 radical (unpaired) electrons. The Bertz CT molecular complexity index is 531. The quantitative estimate of drug-likeness (QED) is 0.531. The van der Waals surface area contributed by atoms with Crippen LogP contribution in [-0.2, 0) is 41.9 Å². The Balaban J connectivity index is 2.48. The Morgan fingerprint density at radius 2 is 1.23 bits per heavy atom. The van der Waals surface area contributed by atoms with Gasteiger partial charge in [-0.15, -0.1) is 0 Å². The highest BCUT2D eigenvalue weighted by Crippen LogP contribution is 2.09. The highest BCUT2D eigenvalue weighted by Gasteiger charge is 2.10. The summed E-state index contributed by atoms with van der Waals surface area (Å²) in [6.07, 6.45) is -1.43. The molecule has 8 nitrogen and oxygen atoms in total. The topological polar surface area (TPSA) is 127 Å². The second-order valence-corrected chi connectivity index (χ2v) is 4.28. The number of aliphatic carboxylic acids is 2. The molecule has 0 aliphatic carbocycles. The van der Waals surface area contributed by atoms with E-state index in [-0.39, 0.29) is 13.2 Å². The van der Waals surface area contributed by atoms with Crippen LogP contribution >= 0.6 is 0 Å². The number of hydrogen-bond acceptors (Lipinski definition) is 6. The molecule has 0 heterocycles. The molecule has 1 aromatic carbocycles. The van der Waals surface area contributed by atoms with Crippen molar-refractivity contribution in [3.63, 3.8) is 0 Å². The molecule has 118 valence electrons. The average Bonchev–Trinajstić information content (AvgIpc) is 2.42. The largest absolute Gasteiger partial charge is 0.481 e. The minimum absolute atomic E-state index is 0.108. The summed E-state index contributed by atoms with van der Waals surface area (Å²) < 4.78 is 9.53. The van der Waals surface area contributed by atoms with Gasteiger partial charge in [0.25, 0.3) is 0 Å². The van der Waals surface area contributed by atoms with Crippen molar-refractivity contribution in [2.45, 2.75) is 26.1 Å². The summed E-state index contributed by atoms with van der Waals surface area (Å²) in [7, 11) is 0. The Labute approximate surface area is 125 Å². The summed E-state index contributed by atoms with van der Waals surface area (Å²) in [6, 6.07) is 6.54. The number of benzene rings is 1. The van der Waals surface area contributed by atoms with Crippen LogP contribution in [0.2, 0.25) is 0 Å². The Hall–Kier alpha value is -2.90. The van der Waals surface area contributed by atoms with Crippen LogP contribution in [-0.4, -0.2) is 34.1 Å². The lowest BCUT2D eigenvalue weighted by molar-refractivity contribution is -0.153. The summed E-state index contributed by atoms with van der Waals surface area (Å²) in [5, 5.41) is 16.8. The zero-order valence-corrected chi connectivity index (χ0v) is 11.5. The number of esters is 2. The van der Waals surface area contributed by atoms with Gasteiger partial charge in [-0.05, 0) is 17.2 Å². The monoisotopic (exact) mass is 310 g/mol. The maximum absolute atomic E-state index is 11.1. The number of carbonyl (C=O) groups is 4. The summed E-state index contributed by atoms with van der Waals surface area (Å²) in [5.74, 6) is -4.26. The van der Waals surface area contributed by atoms with E-state index in [4.69, 9.17) is 19.7 Å². The Morgan fingerprint density at radius 1 is 0.818 bits per heavy atom. The molecule has 0 saturated carbocycles. The molecule has 0 fully saturated rings. The van der Waals surface area contributed by atoms with Gasteiger partial charge in [-0.3, -0.25) is 19.2 Å². The summed E-state index contributed by atoms with van der Waals surface area (Å²) in [5.41, 5.74) is 1.18. The molecule has 0 unspecified atom stereocenters. The van der Waals surface area contributed by atoms with Gasteiger partial charge in [0.15, 0.2) is 0 Å². The van der Waals surface area contributed by atoms with E-state index >= 15 is 0 Å². The minimum Gasteiger partial charge on any atom is -0.481 e. The first-order valence-electron chi connectivity index (χ1n) is 6.19. The molecular weight excluding hydrogens is 296 g/mol. The van der Waals surface area contributed by atoms with Crippen molar-refractivity contribution in [3.05, 3.63) is 35.4 Å². The van der Waals surface area contributed by atoms with Crippen LogP contribution < -0.4 is 0 Å². The third-order valence-corrected chi connectivity index (χ3v) is 2.38. The molecule has 0 aromatic heterocycles. The van der Waals surface area contributed by atoms with Crippen LogP contribution in [0, 0.1) is 0 Å². The molecule has 22 heavy (non-hydrogen) atoms. The summed E-state index contributed by atoms with van der Waals surface area (Å²) >= 11 is 0. The maximum Gasteiger partial charge on any atom is 0.317 e. The highest BCUT2D eigenvalue weighted by atomic mass is 16.5. The third kappa shape index (κ3) is 7.04. The molecule has 2 N–H and O–H groups in total. The third-order valence-electron chi connectivity index (χ3n) is 2.38. The first-order chi connectivity index (χ1) is 10.4. The van der Waals surface area contributed by atoms with E-state index in [0.717, 1.165) is 0 Å². The van der Waals surface area contributed by atoms with Gasteiger partial charge in [-0.2, -0.15) is 0 Å². The van der Waals surface area contributed by atoms with Gasteiger partial charge in [-0.25, -0.2) is 0 Å². The first kappa shape index (κ1) is 17.2. The first-order valence-corrected chi connectivity index (χ1v) is 6.19. The van der Waals surface area contributed by atoms with Crippen LogP contribution in [0.15, 0.2) is 24.3 Å².